The molecule has 1 unspecified atom stereocenters. The quantitative estimate of drug-likeness (QED) is 0.645. The van der Waals surface area contributed by atoms with Crippen molar-refractivity contribution in [3.63, 3.8) is 0 Å². The summed E-state index contributed by atoms with van der Waals surface area (Å²) in [6.07, 6.45) is 0.910. The van der Waals surface area contributed by atoms with Crippen molar-refractivity contribution in [1.29, 1.82) is 0 Å². The van der Waals surface area contributed by atoms with Gasteiger partial charge in [-0.05, 0) is 11.6 Å². The lowest BCUT2D eigenvalue weighted by Gasteiger charge is -2.12. The summed E-state index contributed by atoms with van der Waals surface area (Å²) in [5, 5.41) is 21.7. The van der Waals surface area contributed by atoms with Crippen LogP contribution in [0.2, 0.25) is 0 Å². The smallest absolute Gasteiger partial charge is 0.315 e. The fourth-order valence-corrected chi connectivity index (χ4v) is 1.60. The van der Waals surface area contributed by atoms with Crippen LogP contribution in [-0.2, 0) is 6.54 Å². The van der Waals surface area contributed by atoms with E-state index in [4.69, 9.17) is 0 Å². The highest BCUT2D eigenvalue weighted by Gasteiger charge is 2.08. The summed E-state index contributed by atoms with van der Waals surface area (Å²) >= 11 is 0. The lowest BCUT2D eigenvalue weighted by atomic mass is 10.1. The fraction of sp³-hybridized carbons (Fsp3) is 0.231. The molecular formula is C13H16N4O2. The van der Waals surface area contributed by atoms with Crippen LogP contribution < -0.4 is 10.6 Å². The number of aromatic nitrogens is 2. The minimum atomic E-state index is -0.709. The Morgan fingerprint density at radius 3 is 2.74 bits per heavy atom. The second-order valence-electron chi connectivity index (χ2n) is 4.07. The van der Waals surface area contributed by atoms with Crippen molar-refractivity contribution < 1.29 is 9.90 Å². The monoisotopic (exact) mass is 260 g/mol. The number of nitrogens with one attached hydrogen (secondary N) is 3. The number of carbonyl (C=O) groups is 1. The normalized spacial score (nSPS) is 11.8. The van der Waals surface area contributed by atoms with E-state index in [9.17, 15) is 9.90 Å². The van der Waals surface area contributed by atoms with E-state index in [1.54, 1.807) is 12.3 Å². The maximum absolute atomic E-state index is 11.5. The number of H-pyrrole nitrogens is 1. The number of nitrogens with zero attached hydrogens (tertiary/aromatic N) is 1. The zero-order valence-electron chi connectivity index (χ0n) is 10.3. The van der Waals surface area contributed by atoms with Gasteiger partial charge in [-0.2, -0.15) is 5.10 Å². The molecule has 2 amide bonds. The molecule has 0 bridgehead atoms. The van der Waals surface area contributed by atoms with Gasteiger partial charge in [0.15, 0.2) is 0 Å². The van der Waals surface area contributed by atoms with Crippen LogP contribution >= 0.6 is 0 Å². The molecule has 100 valence electrons. The van der Waals surface area contributed by atoms with E-state index in [1.807, 2.05) is 30.3 Å². The number of aliphatic hydroxyl groups excluding tert-OH is 1. The molecule has 0 radical (unpaired) electrons. The van der Waals surface area contributed by atoms with Crippen molar-refractivity contribution in [2.24, 2.45) is 0 Å². The third-order valence-electron chi connectivity index (χ3n) is 2.64. The molecule has 0 saturated carbocycles. The number of amides is 2. The fourth-order valence-electron chi connectivity index (χ4n) is 1.60. The van der Waals surface area contributed by atoms with Crippen molar-refractivity contribution in [1.82, 2.24) is 20.8 Å². The van der Waals surface area contributed by atoms with Crippen molar-refractivity contribution in [3.8, 4) is 0 Å². The van der Waals surface area contributed by atoms with Gasteiger partial charge < -0.3 is 15.7 Å². The van der Waals surface area contributed by atoms with E-state index >= 15 is 0 Å². The summed E-state index contributed by atoms with van der Waals surface area (Å²) in [5.74, 6) is 0. The molecule has 0 fully saturated rings. The molecular weight excluding hydrogens is 244 g/mol. The highest BCUT2D eigenvalue weighted by Crippen LogP contribution is 2.10. The Labute approximate surface area is 110 Å². The van der Waals surface area contributed by atoms with Gasteiger partial charge in [0.1, 0.15) is 0 Å². The second-order valence-corrected chi connectivity index (χ2v) is 4.07. The largest absolute Gasteiger partial charge is 0.387 e. The van der Waals surface area contributed by atoms with Crippen LogP contribution in [0, 0.1) is 0 Å². The Balaban J connectivity index is 1.71. The van der Waals surface area contributed by atoms with E-state index in [0.717, 1.165) is 11.3 Å². The maximum Gasteiger partial charge on any atom is 0.315 e. The number of aliphatic hydroxyl groups is 1. The zero-order valence-corrected chi connectivity index (χ0v) is 10.3. The molecule has 2 aromatic rings. The van der Waals surface area contributed by atoms with Crippen LogP contribution in [0.1, 0.15) is 17.4 Å². The van der Waals surface area contributed by atoms with Gasteiger partial charge in [-0.25, -0.2) is 4.79 Å². The molecule has 0 saturated heterocycles. The first-order chi connectivity index (χ1) is 9.25. The Morgan fingerprint density at radius 2 is 2.05 bits per heavy atom. The molecule has 4 N–H and O–H groups in total. The standard InChI is InChI=1S/C13H16N4O2/c18-12(10-4-2-1-3-5-10)9-15-13(19)14-8-11-6-7-16-17-11/h1-7,12,18H,8-9H2,(H,16,17)(H2,14,15,19). The van der Waals surface area contributed by atoms with Gasteiger partial charge in [0, 0.05) is 12.7 Å². The van der Waals surface area contributed by atoms with Crippen LogP contribution in [0.15, 0.2) is 42.6 Å². The van der Waals surface area contributed by atoms with Gasteiger partial charge in [-0.3, -0.25) is 5.10 Å². The average molecular weight is 260 g/mol. The number of urea groups is 1. The molecule has 2 rings (SSSR count). The second kappa shape index (κ2) is 6.55. The summed E-state index contributed by atoms with van der Waals surface area (Å²) in [6.45, 7) is 0.534. The number of hydrogen-bond donors (Lipinski definition) is 4. The number of carbonyl (C=O) groups excluding carboxylic acids is 1. The highest BCUT2D eigenvalue weighted by atomic mass is 16.3. The summed E-state index contributed by atoms with van der Waals surface area (Å²) in [4.78, 5) is 11.5. The molecule has 0 aliphatic rings. The van der Waals surface area contributed by atoms with E-state index in [0.29, 0.717) is 6.54 Å². The van der Waals surface area contributed by atoms with E-state index in [2.05, 4.69) is 20.8 Å². The van der Waals surface area contributed by atoms with Gasteiger partial charge in [-0.15, -0.1) is 0 Å². The molecule has 1 heterocycles. The van der Waals surface area contributed by atoms with Crippen LogP contribution in [-0.4, -0.2) is 27.9 Å². The predicted octanol–water partition coefficient (Wildman–Crippen LogP) is 0.942. The molecule has 1 aromatic carbocycles. The summed E-state index contributed by atoms with van der Waals surface area (Å²) < 4.78 is 0. The molecule has 1 atom stereocenters. The Morgan fingerprint density at radius 1 is 1.26 bits per heavy atom. The van der Waals surface area contributed by atoms with Crippen LogP contribution in [0.4, 0.5) is 4.79 Å². The van der Waals surface area contributed by atoms with Crippen molar-refractivity contribution >= 4 is 6.03 Å². The number of rotatable bonds is 5. The number of hydrogen-bond acceptors (Lipinski definition) is 3. The van der Waals surface area contributed by atoms with Gasteiger partial charge >= 0.3 is 6.03 Å². The number of benzene rings is 1. The maximum atomic E-state index is 11.5. The SMILES string of the molecule is O=C(NCc1ccn[nH]1)NCC(O)c1ccccc1. The topological polar surface area (TPSA) is 90.0 Å². The first-order valence-corrected chi connectivity index (χ1v) is 5.98. The first-order valence-electron chi connectivity index (χ1n) is 5.98. The first kappa shape index (κ1) is 13.1. The van der Waals surface area contributed by atoms with E-state index < -0.39 is 6.10 Å². The predicted molar refractivity (Wildman–Crippen MR) is 70.2 cm³/mol. The Bertz CT molecular complexity index is 499. The van der Waals surface area contributed by atoms with Gasteiger partial charge in [-0.1, -0.05) is 30.3 Å². The lowest BCUT2D eigenvalue weighted by molar-refractivity contribution is 0.173. The van der Waals surface area contributed by atoms with E-state index in [1.165, 1.54) is 0 Å². The lowest BCUT2D eigenvalue weighted by Crippen LogP contribution is -2.37. The molecule has 0 aliphatic heterocycles. The number of aromatic amines is 1. The highest BCUT2D eigenvalue weighted by molar-refractivity contribution is 5.73. The van der Waals surface area contributed by atoms with Crippen molar-refractivity contribution in [2.75, 3.05) is 6.54 Å². The molecule has 1 aromatic heterocycles. The Hall–Kier alpha value is -2.34. The third-order valence-corrected chi connectivity index (χ3v) is 2.64. The molecule has 0 aliphatic carbocycles. The van der Waals surface area contributed by atoms with Crippen LogP contribution in [0.5, 0.6) is 0 Å². The van der Waals surface area contributed by atoms with Crippen LogP contribution in [0.25, 0.3) is 0 Å². The van der Waals surface area contributed by atoms with Gasteiger partial charge in [0.2, 0.25) is 0 Å². The summed E-state index contributed by atoms with van der Waals surface area (Å²) in [6, 6.07) is 10.6. The molecule has 0 spiro atoms. The summed E-state index contributed by atoms with van der Waals surface area (Å²) in [5.41, 5.74) is 1.59. The van der Waals surface area contributed by atoms with E-state index in [-0.39, 0.29) is 12.6 Å². The minimum Gasteiger partial charge on any atom is -0.387 e. The summed E-state index contributed by atoms with van der Waals surface area (Å²) in [7, 11) is 0. The van der Waals surface area contributed by atoms with Gasteiger partial charge in [0.25, 0.3) is 0 Å². The van der Waals surface area contributed by atoms with Gasteiger partial charge in [0.05, 0.1) is 18.3 Å². The van der Waals surface area contributed by atoms with Crippen LogP contribution in [0.3, 0.4) is 0 Å². The third kappa shape index (κ3) is 4.11. The Kier molecular flexibility index (Phi) is 4.52. The molecule has 6 heteroatoms. The van der Waals surface area contributed by atoms with Crippen molar-refractivity contribution in [2.45, 2.75) is 12.6 Å². The van der Waals surface area contributed by atoms with Crippen molar-refractivity contribution in [3.05, 3.63) is 53.9 Å². The molecule has 6 nitrogen and oxygen atoms in total. The average Bonchev–Trinajstić information content (AvgIpc) is 2.96. The minimum absolute atomic E-state index is 0.165. The zero-order chi connectivity index (χ0) is 13.5. The molecule has 19 heavy (non-hydrogen) atoms.